The lowest BCUT2D eigenvalue weighted by Gasteiger charge is -2.48. The minimum atomic E-state index is -0.818. The second kappa shape index (κ2) is 13.3. The minimum Gasteiger partial charge on any atom is -0.480 e. The topological polar surface area (TPSA) is 107 Å². The van der Waals surface area contributed by atoms with Crippen molar-refractivity contribution in [2.45, 2.75) is 57.2 Å². The van der Waals surface area contributed by atoms with E-state index in [1.807, 2.05) is 46.2 Å². The Balaban J connectivity index is 1.15. The molecule has 0 aromatic heterocycles. The van der Waals surface area contributed by atoms with E-state index >= 15 is 0 Å². The van der Waals surface area contributed by atoms with Gasteiger partial charge in [-0.15, -0.1) is 0 Å². The SMILES string of the molecule is O=C1CC(C(=O)c2cccc(CN(C(=O)Oc3ccccc3)[C@H]3CN4CCC3CC4)c2)=CC=C1CCN1CCC[C@H]1C(=O)O. The fraction of sp³-hybridized carbons (Fsp3) is 0.429. The van der Waals surface area contributed by atoms with Gasteiger partial charge in [-0.1, -0.05) is 48.6 Å². The zero-order chi connectivity index (χ0) is 30.6. The molecule has 0 radical (unpaired) electrons. The van der Waals surface area contributed by atoms with Crippen molar-refractivity contribution in [3.63, 3.8) is 0 Å². The largest absolute Gasteiger partial charge is 0.480 e. The molecule has 2 aromatic carbocycles. The van der Waals surface area contributed by atoms with Gasteiger partial charge in [-0.05, 0) is 87.0 Å². The predicted octanol–water partition coefficient (Wildman–Crippen LogP) is 4.73. The summed E-state index contributed by atoms with van der Waals surface area (Å²) in [6, 6.07) is 15.9. The van der Waals surface area contributed by atoms with Gasteiger partial charge in [-0.3, -0.25) is 24.2 Å². The first kappa shape index (κ1) is 30.0. The Morgan fingerprint density at radius 2 is 1.75 bits per heavy atom. The number of Topliss-reactive ketones (excluding diaryl/α,β-unsaturated/α-hetero) is 2. The molecule has 2 aromatic rings. The van der Waals surface area contributed by atoms with Crippen LogP contribution in [0.5, 0.6) is 5.75 Å². The van der Waals surface area contributed by atoms with Gasteiger partial charge in [0.05, 0.1) is 6.04 Å². The van der Waals surface area contributed by atoms with Crippen LogP contribution in [-0.4, -0.2) is 88.2 Å². The van der Waals surface area contributed by atoms with Crippen molar-refractivity contribution < 1.29 is 29.0 Å². The number of hydrogen-bond donors (Lipinski definition) is 1. The average molecular weight is 598 g/mol. The molecule has 2 atom stereocenters. The summed E-state index contributed by atoms with van der Waals surface area (Å²) in [4.78, 5) is 57.7. The first-order valence-electron chi connectivity index (χ1n) is 15.6. The van der Waals surface area contributed by atoms with Crippen LogP contribution in [0.15, 0.2) is 77.9 Å². The number of carboxylic acids is 1. The Kier molecular flexibility index (Phi) is 9.04. The van der Waals surface area contributed by atoms with E-state index in [2.05, 4.69) is 4.90 Å². The molecule has 0 unspecified atom stereocenters. The number of nitrogens with zero attached hydrogens (tertiary/aromatic N) is 3. The number of rotatable bonds is 10. The summed E-state index contributed by atoms with van der Waals surface area (Å²) in [5.41, 5.74) is 2.36. The van der Waals surface area contributed by atoms with Crippen molar-refractivity contribution in [3.8, 4) is 5.75 Å². The maximum absolute atomic E-state index is 13.5. The van der Waals surface area contributed by atoms with Gasteiger partial charge in [0, 0.05) is 37.2 Å². The molecule has 0 spiro atoms. The standard InChI is InChI=1S/C35H39N3O6/c39-32-21-28(12-11-26(32)15-19-37-16-5-10-30(37)34(41)42)33(40)27-7-4-6-24(20-27)22-38(31-23-36-17-13-25(31)14-18-36)35(43)44-29-8-2-1-3-9-29/h1-4,6-9,11-12,20,25,30-31H,5,10,13-19,21-23H2,(H,41,42)/t30-,31-/m0/s1. The van der Waals surface area contributed by atoms with Crippen LogP contribution in [-0.2, 0) is 16.1 Å². The number of piperidine rings is 3. The van der Waals surface area contributed by atoms with Crippen LogP contribution >= 0.6 is 0 Å². The molecule has 4 saturated heterocycles. The van der Waals surface area contributed by atoms with Crippen molar-refractivity contribution in [2.75, 3.05) is 32.7 Å². The first-order valence-corrected chi connectivity index (χ1v) is 15.6. The second-order valence-corrected chi connectivity index (χ2v) is 12.3. The maximum atomic E-state index is 13.5. The Morgan fingerprint density at radius 3 is 2.45 bits per heavy atom. The lowest BCUT2D eigenvalue weighted by molar-refractivity contribution is -0.142. The zero-order valence-electron chi connectivity index (χ0n) is 24.9. The van der Waals surface area contributed by atoms with E-state index in [0.29, 0.717) is 54.3 Å². The summed E-state index contributed by atoms with van der Waals surface area (Å²) in [6.07, 6.45) is 7.09. The van der Waals surface area contributed by atoms with Crippen molar-refractivity contribution in [2.24, 2.45) is 5.92 Å². The van der Waals surface area contributed by atoms with E-state index in [9.17, 15) is 24.3 Å². The molecular weight excluding hydrogens is 558 g/mol. The van der Waals surface area contributed by atoms with Crippen LogP contribution in [0.2, 0.25) is 0 Å². The summed E-state index contributed by atoms with van der Waals surface area (Å²) >= 11 is 0. The van der Waals surface area contributed by atoms with E-state index < -0.39 is 18.1 Å². The quantitative estimate of drug-likeness (QED) is 0.392. The fourth-order valence-electron chi connectivity index (χ4n) is 7.10. The van der Waals surface area contributed by atoms with E-state index in [-0.39, 0.29) is 24.0 Å². The molecule has 1 aliphatic carbocycles. The molecule has 44 heavy (non-hydrogen) atoms. The van der Waals surface area contributed by atoms with Crippen LogP contribution in [0.4, 0.5) is 4.79 Å². The molecule has 1 amide bonds. The van der Waals surface area contributed by atoms with Crippen LogP contribution in [0.25, 0.3) is 0 Å². The highest BCUT2D eigenvalue weighted by molar-refractivity contribution is 6.14. The van der Waals surface area contributed by atoms with E-state index in [1.54, 1.807) is 30.4 Å². The molecular formula is C35H39N3O6. The number of ether oxygens (including phenoxy) is 1. The summed E-state index contributed by atoms with van der Waals surface area (Å²) in [7, 11) is 0. The Labute approximate surface area is 257 Å². The lowest BCUT2D eigenvalue weighted by Crippen LogP contribution is -2.58. The Hall–Kier alpha value is -4.08. The van der Waals surface area contributed by atoms with E-state index in [4.69, 9.17) is 4.74 Å². The van der Waals surface area contributed by atoms with Crippen LogP contribution in [0, 0.1) is 5.92 Å². The summed E-state index contributed by atoms with van der Waals surface area (Å²) in [5.74, 6) is -0.219. The molecule has 4 fully saturated rings. The number of likely N-dealkylation sites (tertiary alicyclic amines) is 1. The number of carboxylic acid groups (broad SMARTS) is 1. The molecule has 5 aliphatic rings. The highest BCUT2D eigenvalue weighted by Gasteiger charge is 2.40. The zero-order valence-corrected chi connectivity index (χ0v) is 24.9. The third kappa shape index (κ3) is 6.69. The highest BCUT2D eigenvalue weighted by atomic mass is 16.6. The highest BCUT2D eigenvalue weighted by Crippen LogP contribution is 2.33. The Morgan fingerprint density at radius 1 is 0.955 bits per heavy atom. The molecule has 7 rings (SSSR count). The molecule has 9 nitrogen and oxygen atoms in total. The monoisotopic (exact) mass is 597 g/mol. The molecule has 2 bridgehead atoms. The van der Waals surface area contributed by atoms with Gasteiger partial charge >= 0.3 is 12.1 Å². The van der Waals surface area contributed by atoms with E-state index in [1.165, 1.54) is 0 Å². The van der Waals surface area contributed by atoms with Crippen LogP contribution in [0.1, 0.15) is 54.4 Å². The van der Waals surface area contributed by atoms with Gasteiger partial charge in [0.15, 0.2) is 11.6 Å². The first-order chi connectivity index (χ1) is 21.4. The Bertz CT molecular complexity index is 1480. The van der Waals surface area contributed by atoms with Gasteiger partial charge in [-0.2, -0.15) is 0 Å². The third-order valence-electron chi connectivity index (χ3n) is 9.55. The van der Waals surface area contributed by atoms with Gasteiger partial charge in [0.1, 0.15) is 11.8 Å². The number of benzene rings is 2. The number of para-hydroxylation sites is 1. The number of fused-ring (bicyclic) bond motifs is 3. The van der Waals surface area contributed by atoms with Crippen molar-refractivity contribution in [1.29, 1.82) is 0 Å². The number of carbonyl (C=O) groups excluding carboxylic acids is 3. The maximum Gasteiger partial charge on any atom is 0.415 e. The summed E-state index contributed by atoms with van der Waals surface area (Å²) in [5, 5.41) is 9.42. The number of ketones is 2. The number of carbonyl (C=O) groups is 4. The summed E-state index contributed by atoms with van der Waals surface area (Å²) < 4.78 is 5.79. The van der Waals surface area contributed by atoms with Crippen molar-refractivity contribution in [3.05, 3.63) is 89.0 Å². The predicted molar refractivity (Wildman–Crippen MR) is 164 cm³/mol. The number of amides is 1. The number of allylic oxidation sites excluding steroid dienone is 3. The van der Waals surface area contributed by atoms with Crippen LogP contribution in [0.3, 0.4) is 0 Å². The minimum absolute atomic E-state index is 0.0202. The molecule has 4 heterocycles. The molecule has 9 heteroatoms. The fourth-order valence-corrected chi connectivity index (χ4v) is 7.10. The molecule has 4 aliphatic heterocycles. The number of aliphatic carboxylic acids is 1. The third-order valence-corrected chi connectivity index (χ3v) is 9.55. The molecule has 230 valence electrons. The normalized spacial score (nSPS) is 24.9. The smallest absolute Gasteiger partial charge is 0.415 e. The lowest BCUT2D eigenvalue weighted by atomic mass is 9.83. The molecule has 1 N–H and O–H groups in total. The number of hydrogen-bond acceptors (Lipinski definition) is 7. The van der Waals surface area contributed by atoms with E-state index in [0.717, 1.165) is 51.0 Å². The van der Waals surface area contributed by atoms with Gasteiger partial charge in [0.25, 0.3) is 0 Å². The van der Waals surface area contributed by atoms with Gasteiger partial charge in [0.2, 0.25) is 0 Å². The van der Waals surface area contributed by atoms with Crippen molar-refractivity contribution in [1.82, 2.24) is 14.7 Å². The van der Waals surface area contributed by atoms with Crippen molar-refractivity contribution >= 4 is 23.6 Å². The average Bonchev–Trinajstić information content (AvgIpc) is 3.53. The van der Waals surface area contributed by atoms with Gasteiger partial charge < -0.3 is 14.7 Å². The van der Waals surface area contributed by atoms with Crippen LogP contribution < -0.4 is 4.74 Å². The summed E-state index contributed by atoms with van der Waals surface area (Å²) in [6.45, 7) is 4.46. The van der Waals surface area contributed by atoms with Gasteiger partial charge in [-0.25, -0.2) is 4.79 Å². The molecule has 0 saturated carbocycles. The second-order valence-electron chi connectivity index (χ2n) is 12.3.